The van der Waals surface area contributed by atoms with Gasteiger partial charge in [0.2, 0.25) is 5.91 Å². The molecule has 1 N–H and O–H groups in total. The zero-order valence-electron chi connectivity index (χ0n) is 9.21. The Morgan fingerprint density at radius 3 is 2.81 bits per heavy atom. The van der Waals surface area contributed by atoms with Crippen LogP contribution in [-0.4, -0.2) is 12.5 Å². The number of unbranched alkanes of at least 4 members (excludes halogenated alkanes) is 1. The Hall–Kier alpha value is -0.840. The summed E-state index contributed by atoms with van der Waals surface area (Å²) < 4.78 is 1.32. The fraction of sp³-hybridized carbons (Fsp3) is 0.308. The van der Waals surface area contributed by atoms with Crippen LogP contribution in [0.15, 0.2) is 36.9 Å². The molecular weight excluding hydrogens is 313 g/mol. The highest BCUT2D eigenvalue weighted by Crippen LogP contribution is 2.13. The van der Waals surface area contributed by atoms with E-state index < -0.39 is 0 Å². The van der Waals surface area contributed by atoms with Crippen LogP contribution in [0.4, 0.5) is 0 Å². The van der Waals surface area contributed by atoms with E-state index in [1.54, 1.807) is 0 Å². The molecule has 0 fully saturated rings. The maximum Gasteiger partial charge on any atom is 0.243 e. The summed E-state index contributed by atoms with van der Waals surface area (Å²) in [5, 5.41) is 2.77. The molecule has 1 aromatic rings. The second kappa shape index (κ2) is 7.44. The van der Waals surface area contributed by atoms with Crippen molar-refractivity contribution in [1.82, 2.24) is 5.32 Å². The molecule has 16 heavy (non-hydrogen) atoms. The SMILES string of the molecule is C=CC(=O)NCCCCc1ccccc1I. The van der Waals surface area contributed by atoms with Crippen LogP contribution in [0, 0.1) is 3.57 Å². The van der Waals surface area contributed by atoms with E-state index in [9.17, 15) is 4.79 Å². The maximum atomic E-state index is 10.9. The Morgan fingerprint density at radius 1 is 1.38 bits per heavy atom. The van der Waals surface area contributed by atoms with Crippen LogP contribution in [0.2, 0.25) is 0 Å². The predicted octanol–water partition coefficient (Wildman–Crippen LogP) is 2.92. The van der Waals surface area contributed by atoms with Gasteiger partial charge in [0.25, 0.3) is 0 Å². The largest absolute Gasteiger partial charge is 0.353 e. The minimum Gasteiger partial charge on any atom is -0.353 e. The Kier molecular flexibility index (Phi) is 6.15. The molecular formula is C13H16INO. The van der Waals surface area contributed by atoms with Crippen LogP contribution in [0.5, 0.6) is 0 Å². The number of halogens is 1. The lowest BCUT2D eigenvalue weighted by Gasteiger charge is -2.04. The topological polar surface area (TPSA) is 29.1 Å². The van der Waals surface area contributed by atoms with Crippen LogP contribution in [-0.2, 0) is 11.2 Å². The molecule has 0 aliphatic rings. The number of carbonyl (C=O) groups is 1. The first-order chi connectivity index (χ1) is 7.74. The van der Waals surface area contributed by atoms with Gasteiger partial charge in [0.15, 0.2) is 0 Å². The summed E-state index contributed by atoms with van der Waals surface area (Å²) in [7, 11) is 0. The van der Waals surface area contributed by atoms with E-state index in [2.05, 4.69) is 58.8 Å². The Bertz CT molecular complexity index is 363. The van der Waals surface area contributed by atoms with Crippen molar-refractivity contribution in [2.45, 2.75) is 19.3 Å². The van der Waals surface area contributed by atoms with E-state index in [0.29, 0.717) is 0 Å². The number of hydrogen-bond donors (Lipinski definition) is 1. The van der Waals surface area contributed by atoms with Crippen molar-refractivity contribution in [2.24, 2.45) is 0 Å². The summed E-state index contributed by atoms with van der Waals surface area (Å²) >= 11 is 2.36. The minimum atomic E-state index is -0.0886. The highest BCUT2D eigenvalue weighted by molar-refractivity contribution is 14.1. The second-order valence-electron chi connectivity index (χ2n) is 3.54. The van der Waals surface area contributed by atoms with Gasteiger partial charge in [-0.05, 0) is 59.6 Å². The van der Waals surface area contributed by atoms with Crippen molar-refractivity contribution in [1.29, 1.82) is 0 Å². The molecule has 3 heteroatoms. The van der Waals surface area contributed by atoms with Gasteiger partial charge in [0.05, 0.1) is 0 Å². The van der Waals surface area contributed by atoms with Gasteiger partial charge in [-0.3, -0.25) is 4.79 Å². The summed E-state index contributed by atoms with van der Waals surface area (Å²) in [6, 6.07) is 8.39. The van der Waals surface area contributed by atoms with Gasteiger partial charge >= 0.3 is 0 Å². The zero-order chi connectivity index (χ0) is 11.8. The first-order valence-electron chi connectivity index (χ1n) is 5.37. The Morgan fingerprint density at radius 2 is 2.12 bits per heavy atom. The average molecular weight is 329 g/mol. The van der Waals surface area contributed by atoms with E-state index in [1.165, 1.54) is 15.2 Å². The number of nitrogens with one attached hydrogen (secondary N) is 1. The zero-order valence-corrected chi connectivity index (χ0v) is 11.4. The van der Waals surface area contributed by atoms with Crippen LogP contribution >= 0.6 is 22.6 Å². The van der Waals surface area contributed by atoms with Gasteiger partial charge in [-0.1, -0.05) is 24.8 Å². The molecule has 1 aromatic carbocycles. The van der Waals surface area contributed by atoms with Crippen LogP contribution < -0.4 is 5.32 Å². The van der Waals surface area contributed by atoms with Crippen molar-refractivity contribution in [3.63, 3.8) is 0 Å². The van der Waals surface area contributed by atoms with E-state index in [4.69, 9.17) is 0 Å². The summed E-state index contributed by atoms with van der Waals surface area (Å²) in [5.74, 6) is -0.0886. The second-order valence-corrected chi connectivity index (χ2v) is 4.71. The highest BCUT2D eigenvalue weighted by atomic mass is 127. The first kappa shape index (κ1) is 13.2. The molecule has 86 valence electrons. The van der Waals surface area contributed by atoms with Crippen LogP contribution in [0.1, 0.15) is 18.4 Å². The lowest BCUT2D eigenvalue weighted by atomic mass is 10.1. The quantitative estimate of drug-likeness (QED) is 0.485. The molecule has 0 spiro atoms. The first-order valence-corrected chi connectivity index (χ1v) is 6.45. The van der Waals surface area contributed by atoms with Crippen molar-refractivity contribution in [3.8, 4) is 0 Å². The van der Waals surface area contributed by atoms with Gasteiger partial charge < -0.3 is 5.32 Å². The Balaban J connectivity index is 2.19. The lowest BCUT2D eigenvalue weighted by molar-refractivity contribution is -0.116. The molecule has 0 aliphatic heterocycles. The molecule has 0 bridgehead atoms. The Labute approximate surface area is 110 Å². The van der Waals surface area contributed by atoms with Crippen molar-refractivity contribution >= 4 is 28.5 Å². The number of aryl methyl sites for hydroxylation is 1. The molecule has 0 radical (unpaired) electrons. The number of amides is 1. The minimum absolute atomic E-state index is 0.0886. The molecule has 2 nitrogen and oxygen atoms in total. The van der Waals surface area contributed by atoms with Gasteiger partial charge in [-0.25, -0.2) is 0 Å². The monoisotopic (exact) mass is 329 g/mol. The molecule has 0 unspecified atom stereocenters. The fourth-order valence-electron chi connectivity index (χ4n) is 1.43. The molecule has 1 rings (SSSR count). The number of rotatable bonds is 6. The van der Waals surface area contributed by atoms with Crippen molar-refractivity contribution in [3.05, 3.63) is 46.1 Å². The third-order valence-corrected chi connectivity index (χ3v) is 3.37. The van der Waals surface area contributed by atoms with E-state index in [1.807, 2.05) is 0 Å². The number of carbonyl (C=O) groups excluding carboxylic acids is 1. The number of hydrogen-bond acceptors (Lipinski definition) is 1. The molecule has 0 aliphatic carbocycles. The van der Waals surface area contributed by atoms with Crippen LogP contribution in [0.3, 0.4) is 0 Å². The smallest absolute Gasteiger partial charge is 0.243 e. The summed E-state index contributed by atoms with van der Waals surface area (Å²) in [4.78, 5) is 10.9. The predicted molar refractivity (Wildman–Crippen MR) is 75.3 cm³/mol. The standard InChI is InChI=1S/C13H16INO/c1-2-13(16)15-10-6-5-8-11-7-3-4-9-12(11)14/h2-4,7,9H,1,5-6,8,10H2,(H,15,16). The fourth-order valence-corrected chi connectivity index (χ4v) is 2.08. The van der Waals surface area contributed by atoms with E-state index >= 15 is 0 Å². The van der Waals surface area contributed by atoms with Crippen LogP contribution in [0.25, 0.3) is 0 Å². The lowest BCUT2D eigenvalue weighted by Crippen LogP contribution is -2.21. The summed E-state index contributed by atoms with van der Waals surface area (Å²) in [6.45, 7) is 4.14. The van der Waals surface area contributed by atoms with Gasteiger partial charge in [0.1, 0.15) is 0 Å². The van der Waals surface area contributed by atoms with Crippen molar-refractivity contribution < 1.29 is 4.79 Å². The molecule has 0 saturated heterocycles. The molecule has 0 saturated carbocycles. The van der Waals surface area contributed by atoms with Crippen molar-refractivity contribution in [2.75, 3.05) is 6.54 Å². The van der Waals surface area contributed by atoms with Gasteiger partial charge in [0, 0.05) is 10.1 Å². The van der Waals surface area contributed by atoms with Gasteiger partial charge in [-0.2, -0.15) is 0 Å². The average Bonchev–Trinajstić information content (AvgIpc) is 2.30. The highest BCUT2D eigenvalue weighted by Gasteiger charge is 1.98. The molecule has 1 amide bonds. The summed E-state index contributed by atoms with van der Waals surface area (Å²) in [5.41, 5.74) is 1.39. The maximum absolute atomic E-state index is 10.9. The summed E-state index contributed by atoms with van der Waals surface area (Å²) in [6.07, 6.45) is 4.48. The third kappa shape index (κ3) is 4.79. The van der Waals surface area contributed by atoms with E-state index in [0.717, 1.165) is 25.8 Å². The molecule has 0 atom stereocenters. The normalized spacial score (nSPS) is 9.81. The number of benzene rings is 1. The molecule has 0 heterocycles. The third-order valence-electron chi connectivity index (χ3n) is 2.32. The van der Waals surface area contributed by atoms with Gasteiger partial charge in [-0.15, -0.1) is 0 Å². The molecule has 0 aromatic heterocycles. The van der Waals surface area contributed by atoms with E-state index in [-0.39, 0.29) is 5.91 Å².